The molecule has 0 radical (unpaired) electrons. The first-order valence-electron chi connectivity index (χ1n) is 5.16. The van der Waals surface area contributed by atoms with Gasteiger partial charge in [0.15, 0.2) is 5.16 Å². The van der Waals surface area contributed by atoms with Crippen molar-refractivity contribution in [2.24, 2.45) is 7.05 Å². The van der Waals surface area contributed by atoms with Crippen molar-refractivity contribution in [2.45, 2.75) is 23.3 Å². The lowest BCUT2D eigenvalue weighted by molar-refractivity contribution is -0.137. The first-order valence-corrected chi connectivity index (χ1v) is 5.97. The molecule has 2 heterocycles. The molecule has 19 heavy (non-hydrogen) atoms. The molecule has 0 aliphatic heterocycles. The number of halogens is 3. The fourth-order valence-corrected chi connectivity index (χ4v) is 2.19. The largest absolute Gasteiger partial charge is 0.416 e. The second-order valence-electron chi connectivity index (χ2n) is 3.81. The van der Waals surface area contributed by atoms with Crippen LogP contribution >= 0.6 is 11.8 Å². The molecule has 2 aromatic rings. The number of aromatic nitrogens is 4. The van der Waals surface area contributed by atoms with Gasteiger partial charge in [-0.1, -0.05) is 0 Å². The highest BCUT2D eigenvalue weighted by Gasteiger charge is 2.31. The van der Waals surface area contributed by atoms with Crippen LogP contribution in [-0.4, -0.2) is 19.7 Å². The van der Waals surface area contributed by atoms with E-state index in [-0.39, 0.29) is 10.8 Å². The van der Waals surface area contributed by atoms with Gasteiger partial charge in [0, 0.05) is 7.05 Å². The van der Waals surface area contributed by atoms with Crippen molar-refractivity contribution in [3.8, 4) is 0 Å². The molecule has 0 amide bonds. The van der Waals surface area contributed by atoms with Crippen molar-refractivity contribution in [3.63, 3.8) is 0 Å². The van der Waals surface area contributed by atoms with Crippen LogP contribution in [0.3, 0.4) is 0 Å². The van der Waals surface area contributed by atoms with Crippen LogP contribution in [0.5, 0.6) is 0 Å². The number of nitrogens with two attached hydrogens (primary N) is 1. The molecule has 0 bridgehead atoms. The van der Waals surface area contributed by atoms with Crippen LogP contribution in [0.4, 0.5) is 19.0 Å². The number of pyridine rings is 1. The third-order valence-corrected chi connectivity index (χ3v) is 3.35. The van der Waals surface area contributed by atoms with Gasteiger partial charge < -0.3 is 10.3 Å². The molecule has 2 N–H and O–H groups in total. The van der Waals surface area contributed by atoms with Crippen LogP contribution in [0.25, 0.3) is 0 Å². The average molecular weight is 289 g/mol. The Labute approximate surface area is 111 Å². The Morgan fingerprint density at radius 1 is 1.26 bits per heavy atom. The van der Waals surface area contributed by atoms with E-state index in [4.69, 9.17) is 5.73 Å². The normalized spacial score (nSPS) is 11.8. The monoisotopic (exact) mass is 289 g/mol. The van der Waals surface area contributed by atoms with Gasteiger partial charge in [-0.2, -0.15) is 13.2 Å². The van der Waals surface area contributed by atoms with Crippen LogP contribution in [0.1, 0.15) is 11.4 Å². The Kier molecular flexibility index (Phi) is 3.40. The maximum absolute atomic E-state index is 12.6. The van der Waals surface area contributed by atoms with E-state index in [1.165, 1.54) is 0 Å². The highest BCUT2D eigenvalue weighted by Crippen LogP contribution is 2.34. The maximum atomic E-state index is 12.6. The molecule has 0 unspecified atom stereocenters. The van der Waals surface area contributed by atoms with Gasteiger partial charge in [-0.05, 0) is 30.8 Å². The molecule has 2 aromatic heterocycles. The van der Waals surface area contributed by atoms with Crippen molar-refractivity contribution >= 4 is 17.6 Å². The van der Waals surface area contributed by atoms with E-state index in [2.05, 4.69) is 15.2 Å². The number of nitrogens with zero attached hydrogens (tertiary/aromatic N) is 4. The molecule has 0 fully saturated rings. The third-order valence-electron chi connectivity index (χ3n) is 2.40. The first-order chi connectivity index (χ1) is 8.77. The number of nitrogen functional groups attached to an aromatic ring is 1. The summed E-state index contributed by atoms with van der Waals surface area (Å²) in [5, 5.41) is 8.24. The smallest absolute Gasteiger partial charge is 0.384 e. The number of alkyl halides is 3. The molecule has 2 rings (SSSR count). The molecule has 102 valence electrons. The SMILES string of the molecule is Cc1nnc(Sc2cc(C(F)(F)F)cc(N)n2)n1C. The molecule has 0 aromatic carbocycles. The van der Waals surface area contributed by atoms with Crippen molar-refractivity contribution in [1.82, 2.24) is 19.7 Å². The molecule has 0 saturated carbocycles. The molecule has 0 aliphatic carbocycles. The molecule has 9 heteroatoms. The van der Waals surface area contributed by atoms with E-state index < -0.39 is 11.7 Å². The molecule has 0 saturated heterocycles. The zero-order chi connectivity index (χ0) is 14.2. The fraction of sp³-hybridized carbons (Fsp3) is 0.300. The lowest BCUT2D eigenvalue weighted by atomic mass is 10.2. The molecular formula is C10H10F3N5S. The van der Waals surface area contributed by atoms with Crippen LogP contribution in [0.15, 0.2) is 22.3 Å². The quantitative estimate of drug-likeness (QED) is 0.918. The van der Waals surface area contributed by atoms with E-state index >= 15 is 0 Å². The lowest BCUT2D eigenvalue weighted by Gasteiger charge is -2.09. The lowest BCUT2D eigenvalue weighted by Crippen LogP contribution is -2.07. The fourth-order valence-electron chi connectivity index (χ4n) is 1.31. The van der Waals surface area contributed by atoms with E-state index in [0.717, 1.165) is 23.9 Å². The van der Waals surface area contributed by atoms with E-state index in [0.29, 0.717) is 11.0 Å². The average Bonchev–Trinajstić information content (AvgIpc) is 2.59. The van der Waals surface area contributed by atoms with Crippen molar-refractivity contribution < 1.29 is 13.2 Å². The Morgan fingerprint density at radius 3 is 2.47 bits per heavy atom. The number of aryl methyl sites for hydroxylation is 1. The van der Waals surface area contributed by atoms with Gasteiger partial charge in [0.2, 0.25) is 0 Å². The molecule has 0 atom stereocenters. The van der Waals surface area contributed by atoms with Gasteiger partial charge in [-0.3, -0.25) is 0 Å². The van der Waals surface area contributed by atoms with Gasteiger partial charge in [-0.25, -0.2) is 4.98 Å². The first kappa shape index (κ1) is 13.7. The van der Waals surface area contributed by atoms with Crippen LogP contribution in [-0.2, 0) is 13.2 Å². The van der Waals surface area contributed by atoms with Crippen molar-refractivity contribution in [3.05, 3.63) is 23.5 Å². The Balaban J connectivity index is 2.36. The molecule has 0 spiro atoms. The topological polar surface area (TPSA) is 69.6 Å². The zero-order valence-corrected chi connectivity index (χ0v) is 10.9. The summed E-state index contributed by atoms with van der Waals surface area (Å²) in [6.45, 7) is 1.74. The maximum Gasteiger partial charge on any atom is 0.416 e. The van der Waals surface area contributed by atoms with Crippen molar-refractivity contribution in [2.75, 3.05) is 5.73 Å². The third kappa shape index (κ3) is 2.98. The Morgan fingerprint density at radius 2 is 1.95 bits per heavy atom. The zero-order valence-electron chi connectivity index (χ0n) is 10.1. The minimum absolute atomic E-state index is 0.128. The van der Waals surface area contributed by atoms with Gasteiger partial charge in [0.05, 0.1) is 5.56 Å². The van der Waals surface area contributed by atoms with Gasteiger partial charge in [-0.15, -0.1) is 10.2 Å². The predicted molar refractivity (Wildman–Crippen MR) is 63.5 cm³/mol. The van der Waals surface area contributed by atoms with Gasteiger partial charge in [0.25, 0.3) is 0 Å². The number of hydrogen-bond acceptors (Lipinski definition) is 5. The van der Waals surface area contributed by atoms with E-state index in [9.17, 15) is 13.2 Å². The van der Waals surface area contributed by atoms with Gasteiger partial charge in [0.1, 0.15) is 16.7 Å². The second-order valence-corrected chi connectivity index (χ2v) is 4.80. The highest BCUT2D eigenvalue weighted by atomic mass is 32.2. The molecule has 5 nitrogen and oxygen atoms in total. The van der Waals surface area contributed by atoms with E-state index in [1.807, 2.05) is 0 Å². The standard InChI is InChI=1S/C10H10F3N5S/c1-5-16-17-9(18(5)2)19-8-4-6(10(11,12)13)3-7(14)15-8/h3-4H,1-2H3,(H2,14,15). The van der Waals surface area contributed by atoms with Gasteiger partial charge >= 0.3 is 6.18 Å². The second kappa shape index (κ2) is 4.72. The minimum Gasteiger partial charge on any atom is -0.384 e. The van der Waals surface area contributed by atoms with E-state index in [1.54, 1.807) is 18.5 Å². The summed E-state index contributed by atoms with van der Waals surface area (Å²) >= 11 is 0.978. The van der Waals surface area contributed by atoms with Crippen molar-refractivity contribution in [1.29, 1.82) is 0 Å². The number of anilines is 1. The minimum atomic E-state index is -4.46. The van der Waals surface area contributed by atoms with Crippen LogP contribution < -0.4 is 5.73 Å². The summed E-state index contributed by atoms with van der Waals surface area (Å²) in [5.41, 5.74) is 4.55. The van der Waals surface area contributed by atoms with Crippen LogP contribution in [0, 0.1) is 6.92 Å². The summed E-state index contributed by atoms with van der Waals surface area (Å²) in [7, 11) is 1.72. The van der Waals surface area contributed by atoms with Crippen LogP contribution in [0.2, 0.25) is 0 Å². The summed E-state index contributed by atoms with van der Waals surface area (Å²) in [6.07, 6.45) is -4.46. The summed E-state index contributed by atoms with van der Waals surface area (Å²) in [5.74, 6) is 0.471. The number of rotatable bonds is 2. The Bertz CT molecular complexity index is 608. The molecular weight excluding hydrogens is 279 g/mol. The molecule has 0 aliphatic rings. The predicted octanol–water partition coefficient (Wildman–Crippen LogP) is 2.27. The summed E-state index contributed by atoms with van der Waals surface area (Å²) in [4.78, 5) is 3.85. The number of hydrogen-bond donors (Lipinski definition) is 1. The highest BCUT2D eigenvalue weighted by molar-refractivity contribution is 7.99. The Hall–Kier alpha value is -1.77. The summed E-state index contributed by atoms with van der Waals surface area (Å²) < 4.78 is 39.6. The summed E-state index contributed by atoms with van der Waals surface area (Å²) in [6, 6.07) is 1.73.